The Bertz CT molecular complexity index is 711. The summed E-state index contributed by atoms with van der Waals surface area (Å²) >= 11 is 0. The fourth-order valence-electron chi connectivity index (χ4n) is 7.82. The Labute approximate surface area is 145 Å². The molecule has 0 aromatic heterocycles. The normalized spacial score (nSPS) is 49.6. The molecule has 4 unspecified atom stereocenters. The molecular weight excluding hydrogens is 354 g/mol. The maximum Gasteiger partial charge on any atom is 0.465 e. The topological polar surface area (TPSA) is 80.7 Å². The van der Waals surface area contributed by atoms with Crippen LogP contribution in [-0.2, 0) is 19.6 Å². The van der Waals surface area contributed by atoms with Gasteiger partial charge in [0.15, 0.2) is 0 Å². The van der Waals surface area contributed by atoms with Crippen molar-refractivity contribution in [2.24, 2.45) is 46.8 Å². The lowest BCUT2D eigenvalue weighted by molar-refractivity contribution is -0.269. The lowest BCUT2D eigenvalue weighted by Gasteiger charge is -2.74. The van der Waals surface area contributed by atoms with Crippen LogP contribution in [0.5, 0.6) is 0 Å². The highest BCUT2D eigenvalue weighted by Crippen LogP contribution is 2.75. The molecule has 7 aliphatic carbocycles. The quantitative estimate of drug-likeness (QED) is 0.603. The van der Waals surface area contributed by atoms with E-state index in [0.717, 1.165) is 25.2 Å². The monoisotopic (exact) mass is 376 g/mol. The molecule has 25 heavy (non-hydrogen) atoms. The van der Waals surface area contributed by atoms with E-state index in [9.17, 15) is 22.0 Å². The van der Waals surface area contributed by atoms with E-state index in [1.807, 2.05) is 0 Å². The molecule has 7 saturated carbocycles. The minimum Gasteiger partial charge on any atom is -0.460 e. The van der Waals surface area contributed by atoms with Crippen molar-refractivity contribution in [1.29, 1.82) is 0 Å². The maximum absolute atomic E-state index is 13.5. The Balaban J connectivity index is 1.42. The van der Waals surface area contributed by atoms with Gasteiger partial charge in [-0.1, -0.05) is 0 Å². The molecule has 0 saturated heterocycles. The average molecular weight is 376 g/mol. The third-order valence-electron chi connectivity index (χ3n) is 8.30. The third-order valence-corrected chi connectivity index (χ3v) is 9.12. The van der Waals surface area contributed by atoms with Gasteiger partial charge in [0, 0.05) is 5.41 Å². The minimum absolute atomic E-state index is 0.130. The van der Waals surface area contributed by atoms with Crippen LogP contribution in [0.2, 0.25) is 0 Å². The van der Waals surface area contributed by atoms with Gasteiger partial charge in [0.1, 0.15) is 0 Å². The Morgan fingerprint density at radius 1 is 1.04 bits per heavy atom. The van der Waals surface area contributed by atoms with E-state index in [-0.39, 0.29) is 12.0 Å². The molecule has 5 nitrogen and oxygen atoms in total. The van der Waals surface area contributed by atoms with Gasteiger partial charge in [-0.05, 0) is 80.0 Å². The number of carbonyl (C=O) groups is 1. The standard InChI is InChI=1S/C17H22F2O5S/c18-17(19,25(21,22)23)15(20)24-7-16-6-9-2-11-10-1-8(4-13(11)16)5-14(16)12(10)3-9/h8-14H,1-7H2,(H,21,22,23). The zero-order valence-electron chi connectivity index (χ0n) is 13.7. The number of halogens is 2. The van der Waals surface area contributed by atoms with Gasteiger partial charge >= 0.3 is 21.3 Å². The zero-order valence-corrected chi connectivity index (χ0v) is 14.6. The van der Waals surface area contributed by atoms with Crippen molar-refractivity contribution in [2.45, 2.75) is 43.8 Å². The highest BCUT2D eigenvalue weighted by atomic mass is 32.2. The van der Waals surface area contributed by atoms with E-state index >= 15 is 0 Å². The Kier molecular flexibility index (Phi) is 3.11. The summed E-state index contributed by atoms with van der Waals surface area (Å²) < 4.78 is 62.1. The van der Waals surface area contributed by atoms with Crippen LogP contribution in [0.1, 0.15) is 38.5 Å². The maximum atomic E-state index is 13.5. The summed E-state index contributed by atoms with van der Waals surface area (Å²) in [5.41, 5.74) is -0.255. The molecule has 0 radical (unpaired) electrons. The van der Waals surface area contributed by atoms with Crippen LogP contribution < -0.4 is 0 Å². The second-order valence-corrected chi connectivity index (χ2v) is 10.6. The van der Waals surface area contributed by atoms with E-state index < -0.39 is 21.3 Å². The smallest absolute Gasteiger partial charge is 0.460 e. The van der Waals surface area contributed by atoms with Crippen LogP contribution in [0, 0.1) is 46.8 Å². The summed E-state index contributed by atoms with van der Waals surface area (Å²) in [5.74, 6) is 1.96. The molecule has 7 fully saturated rings. The predicted molar refractivity (Wildman–Crippen MR) is 82.0 cm³/mol. The van der Waals surface area contributed by atoms with Gasteiger partial charge in [0.05, 0.1) is 6.61 Å². The largest absolute Gasteiger partial charge is 0.465 e. The molecule has 4 atom stereocenters. The van der Waals surface area contributed by atoms with Crippen LogP contribution in [0.15, 0.2) is 0 Å². The first-order valence-electron chi connectivity index (χ1n) is 9.15. The lowest BCUT2D eigenvalue weighted by Crippen LogP contribution is -2.69. The van der Waals surface area contributed by atoms with Crippen LogP contribution >= 0.6 is 0 Å². The number of esters is 1. The van der Waals surface area contributed by atoms with Gasteiger partial charge in [0.25, 0.3) is 0 Å². The van der Waals surface area contributed by atoms with E-state index in [4.69, 9.17) is 9.29 Å². The van der Waals surface area contributed by atoms with Gasteiger partial charge in [-0.3, -0.25) is 4.55 Å². The summed E-state index contributed by atoms with van der Waals surface area (Å²) in [6.07, 6.45) is 6.79. The molecule has 8 bridgehead atoms. The van der Waals surface area contributed by atoms with Gasteiger partial charge in [-0.2, -0.15) is 17.2 Å². The van der Waals surface area contributed by atoms with Gasteiger partial charge in [-0.25, -0.2) is 4.79 Å². The van der Waals surface area contributed by atoms with Crippen molar-refractivity contribution in [1.82, 2.24) is 0 Å². The molecule has 140 valence electrons. The highest BCUT2D eigenvalue weighted by molar-refractivity contribution is 7.87. The highest BCUT2D eigenvalue weighted by Gasteiger charge is 2.70. The molecular formula is C17H22F2O5S. The van der Waals surface area contributed by atoms with Gasteiger partial charge in [0.2, 0.25) is 0 Å². The van der Waals surface area contributed by atoms with Crippen molar-refractivity contribution in [2.75, 3.05) is 6.61 Å². The van der Waals surface area contributed by atoms with Crippen molar-refractivity contribution in [3.63, 3.8) is 0 Å². The van der Waals surface area contributed by atoms with Crippen molar-refractivity contribution < 1.29 is 31.3 Å². The van der Waals surface area contributed by atoms with Crippen molar-refractivity contribution in [3.05, 3.63) is 0 Å². The average Bonchev–Trinajstić information content (AvgIpc) is 2.55. The number of alkyl halides is 2. The molecule has 0 spiro atoms. The third kappa shape index (κ3) is 1.95. The van der Waals surface area contributed by atoms with E-state index in [1.54, 1.807) is 0 Å². The van der Waals surface area contributed by atoms with Crippen LogP contribution in [0.3, 0.4) is 0 Å². The van der Waals surface area contributed by atoms with E-state index in [1.165, 1.54) is 19.3 Å². The molecule has 7 rings (SSSR count). The number of ether oxygens (including phenoxy) is 1. The Morgan fingerprint density at radius 3 is 2.16 bits per heavy atom. The summed E-state index contributed by atoms with van der Waals surface area (Å²) in [6.45, 7) is -0.130. The Hall–Kier alpha value is -0.760. The molecule has 1 N–H and O–H groups in total. The minimum atomic E-state index is -5.81. The van der Waals surface area contributed by atoms with Crippen LogP contribution in [0.4, 0.5) is 8.78 Å². The van der Waals surface area contributed by atoms with E-state index in [0.29, 0.717) is 35.5 Å². The summed E-state index contributed by atoms with van der Waals surface area (Å²) in [4.78, 5) is 11.7. The first-order chi connectivity index (χ1) is 11.6. The first-order valence-corrected chi connectivity index (χ1v) is 10.6. The number of carbonyl (C=O) groups excluding carboxylic acids is 1. The van der Waals surface area contributed by atoms with Crippen LogP contribution in [0.25, 0.3) is 0 Å². The lowest BCUT2D eigenvalue weighted by atomic mass is 9.31. The molecule has 0 heterocycles. The number of rotatable bonds is 4. The zero-order chi connectivity index (χ0) is 17.8. The van der Waals surface area contributed by atoms with Crippen molar-refractivity contribution >= 4 is 16.1 Å². The molecule has 8 heteroatoms. The molecule has 7 aliphatic rings. The van der Waals surface area contributed by atoms with Gasteiger partial charge in [-0.15, -0.1) is 0 Å². The van der Waals surface area contributed by atoms with E-state index in [2.05, 4.69) is 0 Å². The number of hydrogen-bond donors (Lipinski definition) is 1. The molecule has 0 aromatic rings. The molecule has 0 amide bonds. The summed E-state index contributed by atoms with van der Waals surface area (Å²) in [6, 6.07) is 0. The molecule has 0 aromatic carbocycles. The van der Waals surface area contributed by atoms with Crippen molar-refractivity contribution in [3.8, 4) is 0 Å². The predicted octanol–water partition coefficient (Wildman–Crippen LogP) is 2.72. The second kappa shape index (κ2) is 4.74. The second-order valence-electron chi connectivity index (χ2n) is 9.12. The summed E-state index contributed by atoms with van der Waals surface area (Å²) in [5, 5.41) is -4.90. The summed E-state index contributed by atoms with van der Waals surface area (Å²) in [7, 11) is -5.81. The van der Waals surface area contributed by atoms with Gasteiger partial charge < -0.3 is 4.74 Å². The molecule has 0 aliphatic heterocycles. The SMILES string of the molecule is O=C(OCC12CC3CC4C5CC(CC41)CC2C5C3)C(F)(F)S(=O)(=O)O. The fraction of sp³-hybridized carbons (Fsp3) is 0.941. The fourth-order valence-corrected chi connectivity index (χ4v) is 8.09. The Morgan fingerprint density at radius 2 is 1.60 bits per heavy atom. The number of hydrogen-bond acceptors (Lipinski definition) is 4. The first kappa shape index (κ1) is 16.4. The van der Waals surface area contributed by atoms with Crippen LogP contribution in [-0.4, -0.2) is 30.8 Å².